The molecule has 0 spiro atoms. The third kappa shape index (κ3) is 3.52. The maximum absolute atomic E-state index is 14.4. The van der Waals surface area contributed by atoms with Gasteiger partial charge in [0.05, 0.1) is 10.5 Å². The number of carbonyl (C=O) groups is 1. The molecular formula is C17H18FN3OS2. The van der Waals surface area contributed by atoms with Crippen LogP contribution in [0.3, 0.4) is 0 Å². The highest BCUT2D eigenvalue weighted by molar-refractivity contribution is 8.13. The average molecular weight is 363 g/mol. The van der Waals surface area contributed by atoms with Crippen LogP contribution >= 0.6 is 23.1 Å². The number of Topliss-reactive ketones (excluding diaryl/α,β-unsaturated/α-hetero) is 1. The van der Waals surface area contributed by atoms with Crippen molar-refractivity contribution >= 4 is 34.0 Å². The molecule has 3 rings (SSSR count). The zero-order chi connectivity index (χ0) is 17.3. The summed E-state index contributed by atoms with van der Waals surface area (Å²) in [6.45, 7) is 3.75. The van der Waals surface area contributed by atoms with E-state index in [-0.39, 0.29) is 18.0 Å². The Bertz CT molecular complexity index is 818. The molecule has 0 aliphatic carbocycles. The molecule has 7 heteroatoms. The summed E-state index contributed by atoms with van der Waals surface area (Å²) in [4.78, 5) is 21.0. The number of nitrogens with two attached hydrogens (primary N) is 1. The van der Waals surface area contributed by atoms with Gasteiger partial charge in [-0.05, 0) is 38.0 Å². The topological polar surface area (TPSA) is 68.3 Å². The summed E-state index contributed by atoms with van der Waals surface area (Å²) in [6, 6.07) is 4.78. The summed E-state index contributed by atoms with van der Waals surface area (Å²) >= 11 is 2.92. The van der Waals surface area contributed by atoms with E-state index in [1.165, 1.54) is 29.2 Å². The molecule has 0 amide bonds. The molecule has 2 heterocycles. The molecule has 1 aromatic carbocycles. The van der Waals surface area contributed by atoms with Crippen molar-refractivity contribution in [2.24, 2.45) is 10.7 Å². The number of rotatable bonds is 4. The molecule has 0 bridgehead atoms. The highest BCUT2D eigenvalue weighted by atomic mass is 32.2. The van der Waals surface area contributed by atoms with Gasteiger partial charge in [-0.15, -0.1) is 11.3 Å². The van der Waals surface area contributed by atoms with Gasteiger partial charge >= 0.3 is 0 Å². The van der Waals surface area contributed by atoms with Crippen LogP contribution in [0, 0.1) is 12.7 Å². The van der Waals surface area contributed by atoms with Crippen molar-refractivity contribution in [3.8, 4) is 0 Å². The van der Waals surface area contributed by atoms with Crippen molar-refractivity contribution in [3.63, 3.8) is 0 Å². The number of nitrogens with zero attached hydrogens (tertiary/aromatic N) is 2. The largest absolute Gasteiger partial charge is 0.379 e. The van der Waals surface area contributed by atoms with Gasteiger partial charge in [0.15, 0.2) is 11.0 Å². The van der Waals surface area contributed by atoms with Gasteiger partial charge in [0.2, 0.25) is 0 Å². The van der Waals surface area contributed by atoms with Crippen LogP contribution in [0.4, 0.5) is 4.39 Å². The number of amidine groups is 1. The average Bonchev–Trinajstić information content (AvgIpc) is 2.95. The van der Waals surface area contributed by atoms with E-state index < -0.39 is 5.54 Å². The third-order valence-corrected chi connectivity index (χ3v) is 5.64. The van der Waals surface area contributed by atoms with Crippen LogP contribution in [-0.4, -0.2) is 21.7 Å². The number of aromatic nitrogens is 1. The van der Waals surface area contributed by atoms with Gasteiger partial charge in [-0.3, -0.25) is 9.79 Å². The first kappa shape index (κ1) is 17.1. The molecule has 1 atom stereocenters. The van der Waals surface area contributed by atoms with Crippen LogP contribution in [0.15, 0.2) is 28.6 Å². The molecule has 1 aliphatic rings. The van der Waals surface area contributed by atoms with E-state index in [1.54, 1.807) is 17.5 Å². The highest BCUT2D eigenvalue weighted by Crippen LogP contribution is 2.36. The molecule has 1 aliphatic heterocycles. The lowest BCUT2D eigenvalue weighted by Gasteiger charge is -2.30. The number of aliphatic imine (C=N–C) groups is 1. The molecular weight excluding hydrogens is 345 g/mol. The zero-order valence-electron chi connectivity index (χ0n) is 13.5. The smallest absolute Gasteiger partial charge is 0.186 e. The van der Waals surface area contributed by atoms with Crippen molar-refractivity contribution in [2.45, 2.75) is 32.2 Å². The molecule has 2 N–H and O–H groups in total. The quantitative estimate of drug-likeness (QED) is 0.842. The summed E-state index contributed by atoms with van der Waals surface area (Å²) in [5.74, 6) is 0.415. The van der Waals surface area contributed by atoms with Gasteiger partial charge in [0.1, 0.15) is 11.5 Å². The first-order valence-corrected chi connectivity index (χ1v) is 9.46. The van der Waals surface area contributed by atoms with E-state index in [2.05, 4.69) is 9.98 Å². The Balaban J connectivity index is 1.89. The van der Waals surface area contributed by atoms with Gasteiger partial charge in [-0.25, -0.2) is 9.37 Å². The number of thioether (sulfide) groups is 1. The SMILES string of the molecule is Cc1nc(C(=O)Cc2ccc(F)c([C@]3(C)CCSC(N)=N3)c2)cs1. The predicted molar refractivity (Wildman–Crippen MR) is 97.3 cm³/mol. The molecule has 0 saturated carbocycles. The number of halogens is 1. The van der Waals surface area contributed by atoms with Gasteiger partial charge in [-0.2, -0.15) is 0 Å². The Morgan fingerprint density at radius 2 is 2.25 bits per heavy atom. The number of carbonyl (C=O) groups excluding carboxylic acids is 1. The summed E-state index contributed by atoms with van der Waals surface area (Å²) in [5.41, 5.74) is 6.85. The van der Waals surface area contributed by atoms with Crippen LogP contribution < -0.4 is 5.73 Å². The lowest BCUT2D eigenvalue weighted by molar-refractivity contribution is 0.0988. The molecule has 0 saturated heterocycles. The summed E-state index contributed by atoms with van der Waals surface area (Å²) < 4.78 is 14.4. The van der Waals surface area contributed by atoms with E-state index in [0.717, 1.165) is 16.3 Å². The van der Waals surface area contributed by atoms with Crippen molar-refractivity contribution in [3.05, 3.63) is 51.2 Å². The zero-order valence-corrected chi connectivity index (χ0v) is 15.1. The Morgan fingerprint density at radius 1 is 1.46 bits per heavy atom. The highest BCUT2D eigenvalue weighted by Gasteiger charge is 2.32. The van der Waals surface area contributed by atoms with Crippen LogP contribution in [0.25, 0.3) is 0 Å². The monoisotopic (exact) mass is 363 g/mol. The third-order valence-electron chi connectivity index (χ3n) is 4.08. The molecule has 2 aromatic rings. The molecule has 4 nitrogen and oxygen atoms in total. The van der Waals surface area contributed by atoms with Gasteiger partial charge in [0, 0.05) is 23.1 Å². The Labute approximate surface area is 148 Å². The molecule has 0 radical (unpaired) electrons. The fraction of sp³-hybridized carbons (Fsp3) is 0.353. The van der Waals surface area contributed by atoms with Crippen molar-refractivity contribution < 1.29 is 9.18 Å². The fourth-order valence-corrected chi connectivity index (χ4v) is 4.34. The maximum atomic E-state index is 14.4. The Morgan fingerprint density at radius 3 is 2.92 bits per heavy atom. The maximum Gasteiger partial charge on any atom is 0.186 e. The molecule has 0 fully saturated rings. The van der Waals surface area contributed by atoms with Crippen LogP contribution in [0.1, 0.15) is 40.0 Å². The van der Waals surface area contributed by atoms with Crippen LogP contribution in [0.5, 0.6) is 0 Å². The number of benzene rings is 1. The summed E-state index contributed by atoms with van der Waals surface area (Å²) in [6.07, 6.45) is 0.901. The second kappa shape index (κ2) is 6.64. The van der Waals surface area contributed by atoms with E-state index in [1.807, 2.05) is 13.8 Å². The minimum absolute atomic E-state index is 0.0655. The molecule has 126 valence electrons. The summed E-state index contributed by atoms with van der Waals surface area (Å²) in [7, 11) is 0. The van der Waals surface area contributed by atoms with Crippen LogP contribution in [-0.2, 0) is 12.0 Å². The second-order valence-electron chi connectivity index (χ2n) is 5.99. The standard InChI is InChI=1S/C17H18FN3OS2/c1-10-20-14(9-24-10)15(22)8-11-3-4-13(18)12(7-11)17(2)5-6-23-16(19)21-17/h3-4,7,9H,5-6,8H2,1-2H3,(H2,19,21)/t17-/m0/s1. The second-order valence-corrected chi connectivity index (χ2v) is 8.17. The van der Waals surface area contributed by atoms with Crippen molar-refractivity contribution in [1.29, 1.82) is 0 Å². The van der Waals surface area contributed by atoms with Crippen molar-refractivity contribution in [2.75, 3.05) is 5.75 Å². The fourth-order valence-electron chi connectivity index (χ4n) is 2.74. The lowest BCUT2D eigenvalue weighted by Crippen LogP contribution is -2.29. The minimum atomic E-state index is -0.685. The first-order valence-electron chi connectivity index (χ1n) is 7.60. The van der Waals surface area contributed by atoms with E-state index in [4.69, 9.17) is 5.73 Å². The minimum Gasteiger partial charge on any atom is -0.379 e. The number of hydrogen-bond donors (Lipinski definition) is 1. The first-order chi connectivity index (χ1) is 11.4. The van der Waals surface area contributed by atoms with Crippen LogP contribution in [0.2, 0.25) is 0 Å². The molecule has 1 aromatic heterocycles. The number of ketones is 1. The van der Waals surface area contributed by atoms with E-state index in [0.29, 0.717) is 22.8 Å². The van der Waals surface area contributed by atoms with E-state index >= 15 is 0 Å². The van der Waals surface area contributed by atoms with Gasteiger partial charge in [0.25, 0.3) is 0 Å². The molecule has 0 unspecified atom stereocenters. The Kier molecular flexibility index (Phi) is 4.73. The number of hydrogen-bond acceptors (Lipinski definition) is 6. The summed E-state index contributed by atoms with van der Waals surface area (Å²) in [5, 5.41) is 3.09. The van der Waals surface area contributed by atoms with Crippen molar-refractivity contribution in [1.82, 2.24) is 4.98 Å². The van der Waals surface area contributed by atoms with Gasteiger partial charge < -0.3 is 5.73 Å². The van der Waals surface area contributed by atoms with Gasteiger partial charge in [-0.1, -0.05) is 17.8 Å². The van der Waals surface area contributed by atoms with E-state index in [9.17, 15) is 9.18 Å². The molecule has 24 heavy (non-hydrogen) atoms. The number of aryl methyl sites for hydroxylation is 1. The number of thiazole rings is 1. The normalized spacial score (nSPS) is 20.7. The predicted octanol–water partition coefficient (Wildman–Crippen LogP) is 3.68. The Hall–Kier alpha value is -1.73. The lowest BCUT2D eigenvalue weighted by atomic mass is 9.87.